The van der Waals surface area contributed by atoms with Gasteiger partial charge in [-0.3, -0.25) is 14.8 Å². The van der Waals surface area contributed by atoms with Crippen LogP contribution in [0.2, 0.25) is 0 Å². The fourth-order valence-corrected chi connectivity index (χ4v) is 1.76. The van der Waals surface area contributed by atoms with Gasteiger partial charge in [0, 0.05) is 30.9 Å². The van der Waals surface area contributed by atoms with Gasteiger partial charge in [0.1, 0.15) is 5.75 Å². The Morgan fingerprint density at radius 1 is 1.35 bits per heavy atom. The van der Waals surface area contributed by atoms with Crippen molar-refractivity contribution in [1.82, 2.24) is 9.78 Å². The van der Waals surface area contributed by atoms with Gasteiger partial charge in [0.15, 0.2) is 5.75 Å². The number of nitro benzene ring substituents is 1. The third-order valence-corrected chi connectivity index (χ3v) is 2.65. The van der Waals surface area contributed by atoms with E-state index < -0.39 is 4.92 Å². The van der Waals surface area contributed by atoms with Gasteiger partial charge in [-0.1, -0.05) is 0 Å². The van der Waals surface area contributed by atoms with Gasteiger partial charge >= 0.3 is 0 Å². The van der Waals surface area contributed by atoms with Crippen molar-refractivity contribution in [3.63, 3.8) is 0 Å². The number of non-ortho nitro benzene ring substituents is 1. The summed E-state index contributed by atoms with van der Waals surface area (Å²) in [5, 5.41) is 18.0. The van der Waals surface area contributed by atoms with E-state index >= 15 is 0 Å². The highest BCUT2D eigenvalue weighted by Crippen LogP contribution is 2.29. The van der Waals surface area contributed by atoms with Crippen molar-refractivity contribution in [2.45, 2.75) is 20.4 Å². The fourth-order valence-electron chi connectivity index (χ4n) is 1.76. The lowest BCUT2D eigenvalue weighted by Gasteiger charge is -2.07. The maximum Gasteiger partial charge on any atom is 0.275 e. The van der Waals surface area contributed by atoms with E-state index in [-0.39, 0.29) is 5.69 Å². The number of aromatic nitrogens is 2. The molecule has 0 radical (unpaired) electrons. The Balaban J connectivity index is 2.27. The Hall–Kier alpha value is -2.57. The van der Waals surface area contributed by atoms with Gasteiger partial charge in [-0.2, -0.15) is 5.10 Å². The molecular formula is C13H16N4O3. The highest BCUT2D eigenvalue weighted by atomic mass is 16.6. The number of nitrogens with one attached hydrogen (secondary N) is 1. The van der Waals surface area contributed by atoms with Crippen LogP contribution in [0.15, 0.2) is 30.6 Å². The van der Waals surface area contributed by atoms with Crippen LogP contribution >= 0.6 is 0 Å². The molecule has 0 aliphatic rings. The molecule has 0 saturated carbocycles. The molecule has 0 spiro atoms. The second kappa shape index (κ2) is 6.05. The number of anilines is 1. The van der Waals surface area contributed by atoms with Gasteiger partial charge in [-0.25, -0.2) is 0 Å². The van der Waals surface area contributed by atoms with Crippen LogP contribution in [0, 0.1) is 10.1 Å². The molecule has 1 N–H and O–H groups in total. The Morgan fingerprint density at radius 2 is 2.15 bits per heavy atom. The number of hydrogen-bond acceptors (Lipinski definition) is 5. The highest BCUT2D eigenvalue weighted by Gasteiger charge is 2.11. The van der Waals surface area contributed by atoms with E-state index in [2.05, 4.69) is 10.4 Å². The fraction of sp³-hybridized carbons (Fsp3) is 0.308. The summed E-state index contributed by atoms with van der Waals surface area (Å²) < 4.78 is 7.33. The first kappa shape index (κ1) is 13.9. The van der Waals surface area contributed by atoms with Crippen LogP contribution in [0.4, 0.5) is 11.4 Å². The van der Waals surface area contributed by atoms with E-state index in [4.69, 9.17) is 4.74 Å². The monoisotopic (exact) mass is 276 g/mol. The minimum absolute atomic E-state index is 0.0127. The van der Waals surface area contributed by atoms with Crippen molar-refractivity contribution >= 4 is 11.4 Å². The Labute approximate surface area is 116 Å². The van der Waals surface area contributed by atoms with E-state index in [1.165, 1.54) is 12.1 Å². The standard InChI is InChI=1S/C13H16N4O3/c1-3-14-10-5-11(17(18)19)7-12(6-10)20-13-8-15-16(4-2)9-13/h5-9,14H,3-4H2,1-2H3. The molecule has 1 aromatic carbocycles. The van der Waals surface area contributed by atoms with E-state index in [9.17, 15) is 10.1 Å². The minimum Gasteiger partial charge on any atom is -0.454 e. The summed E-state index contributed by atoms with van der Waals surface area (Å²) in [6.07, 6.45) is 3.32. The lowest BCUT2D eigenvalue weighted by atomic mass is 10.2. The van der Waals surface area contributed by atoms with Crippen LogP contribution < -0.4 is 10.1 Å². The van der Waals surface area contributed by atoms with Gasteiger partial charge in [0.05, 0.1) is 23.4 Å². The number of ether oxygens (including phenoxy) is 1. The highest BCUT2D eigenvalue weighted by molar-refractivity contribution is 5.56. The predicted molar refractivity (Wildman–Crippen MR) is 75.2 cm³/mol. The van der Waals surface area contributed by atoms with Crippen molar-refractivity contribution in [2.24, 2.45) is 0 Å². The lowest BCUT2D eigenvalue weighted by Crippen LogP contribution is -1.98. The summed E-state index contributed by atoms with van der Waals surface area (Å²) in [6, 6.07) is 4.59. The molecule has 0 atom stereocenters. The smallest absolute Gasteiger partial charge is 0.275 e. The summed E-state index contributed by atoms with van der Waals surface area (Å²) in [6.45, 7) is 5.30. The number of nitrogens with zero attached hydrogens (tertiary/aromatic N) is 3. The first-order chi connectivity index (χ1) is 9.62. The molecule has 106 valence electrons. The molecule has 0 amide bonds. The zero-order chi connectivity index (χ0) is 14.5. The largest absolute Gasteiger partial charge is 0.454 e. The first-order valence-corrected chi connectivity index (χ1v) is 6.36. The predicted octanol–water partition coefficient (Wildman–Crippen LogP) is 3.04. The van der Waals surface area contributed by atoms with Crippen LogP contribution in [-0.4, -0.2) is 21.2 Å². The molecule has 0 unspecified atom stereocenters. The molecule has 0 bridgehead atoms. The van der Waals surface area contributed by atoms with E-state index in [0.717, 1.165) is 6.54 Å². The molecule has 1 aromatic heterocycles. The maximum absolute atomic E-state index is 10.9. The normalized spacial score (nSPS) is 10.3. The van der Waals surface area contributed by atoms with Gasteiger partial charge in [-0.05, 0) is 13.8 Å². The Bertz CT molecular complexity index is 609. The molecule has 20 heavy (non-hydrogen) atoms. The Morgan fingerprint density at radius 3 is 2.75 bits per heavy atom. The topological polar surface area (TPSA) is 82.2 Å². The molecule has 0 aliphatic carbocycles. The van der Waals surface area contributed by atoms with Crippen molar-refractivity contribution in [2.75, 3.05) is 11.9 Å². The number of aryl methyl sites for hydroxylation is 1. The van der Waals surface area contributed by atoms with Crippen LogP contribution in [0.5, 0.6) is 11.5 Å². The average Bonchev–Trinajstić information content (AvgIpc) is 2.86. The molecule has 0 aliphatic heterocycles. The molecule has 2 aromatic rings. The van der Waals surface area contributed by atoms with Crippen molar-refractivity contribution in [3.05, 3.63) is 40.7 Å². The number of hydrogen-bond donors (Lipinski definition) is 1. The quantitative estimate of drug-likeness (QED) is 0.647. The molecule has 1 heterocycles. The van der Waals surface area contributed by atoms with Crippen molar-refractivity contribution in [1.29, 1.82) is 0 Å². The molecule has 7 nitrogen and oxygen atoms in total. The number of rotatable bonds is 6. The minimum atomic E-state index is -0.441. The summed E-state index contributed by atoms with van der Waals surface area (Å²) in [7, 11) is 0. The van der Waals surface area contributed by atoms with E-state index in [1.807, 2.05) is 13.8 Å². The van der Waals surface area contributed by atoms with Crippen molar-refractivity contribution < 1.29 is 9.66 Å². The SMILES string of the molecule is CCNc1cc(Oc2cnn(CC)c2)cc([N+](=O)[O-])c1. The first-order valence-electron chi connectivity index (χ1n) is 6.36. The van der Waals surface area contributed by atoms with E-state index in [0.29, 0.717) is 23.7 Å². The maximum atomic E-state index is 10.9. The summed E-state index contributed by atoms with van der Waals surface area (Å²) >= 11 is 0. The second-order valence-corrected chi connectivity index (χ2v) is 4.14. The third-order valence-electron chi connectivity index (χ3n) is 2.65. The third kappa shape index (κ3) is 3.25. The zero-order valence-corrected chi connectivity index (χ0v) is 11.4. The van der Waals surface area contributed by atoms with Gasteiger partial charge < -0.3 is 10.1 Å². The molecule has 0 saturated heterocycles. The number of nitro groups is 1. The van der Waals surface area contributed by atoms with Crippen LogP contribution in [0.3, 0.4) is 0 Å². The Kier molecular flexibility index (Phi) is 4.19. The van der Waals surface area contributed by atoms with Gasteiger partial charge in [-0.15, -0.1) is 0 Å². The molecule has 2 rings (SSSR count). The zero-order valence-electron chi connectivity index (χ0n) is 11.4. The van der Waals surface area contributed by atoms with Crippen LogP contribution in [-0.2, 0) is 6.54 Å². The van der Waals surface area contributed by atoms with Crippen molar-refractivity contribution in [3.8, 4) is 11.5 Å². The van der Waals surface area contributed by atoms with E-state index in [1.54, 1.807) is 23.1 Å². The second-order valence-electron chi connectivity index (χ2n) is 4.14. The summed E-state index contributed by atoms with van der Waals surface area (Å²) in [5.74, 6) is 0.959. The molecular weight excluding hydrogens is 260 g/mol. The van der Waals surface area contributed by atoms with Crippen LogP contribution in [0.1, 0.15) is 13.8 Å². The number of benzene rings is 1. The molecule has 7 heteroatoms. The average molecular weight is 276 g/mol. The van der Waals surface area contributed by atoms with Gasteiger partial charge in [0.25, 0.3) is 5.69 Å². The summed E-state index contributed by atoms with van der Waals surface area (Å²) in [4.78, 5) is 10.5. The summed E-state index contributed by atoms with van der Waals surface area (Å²) in [5.41, 5.74) is 0.640. The lowest BCUT2D eigenvalue weighted by molar-refractivity contribution is -0.384. The van der Waals surface area contributed by atoms with Gasteiger partial charge in [0.2, 0.25) is 0 Å². The van der Waals surface area contributed by atoms with Crippen LogP contribution in [0.25, 0.3) is 0 Å². The molecule has 0 fully saturated rings.